The van der Waals surface area contributed by atoms with Crippen molar-refractivity contribution >= 4 is 17.5 Å². The van der Waals surface area contributed by atoms with Crippen LogP contribution in [0, 0.1) is 13.8 Å². The molecule has 6 nitrogen and oxygen atoms in total. The van der Waals surface area contributed by atoms with Crippen molar-refractivity contribution in [2.45, 2.75) is 26.8 Å². The molecule has 1 heterocycles. The lowest BCUT2D eigenvalue weighted by Gasteiger charge is -2.16. The van der Waals surface area contributed by atoms with Crippen molar-refractivity contribution < 1.29 is 9.59 Å². The largest absolute Gasteiger partial charge is 0.346 e. The quantitative estimate of drug-likeness (QED) is 0.433. The van der Waals surface area contributed by atoms with E-state index in [9.17, 15) is 9.59 Å². The highest BCUT2D eigenvalue weighted by Crippen LogP contribution is 2.19. The average molecular weight is 439 g/mol. The Morgan fingerprint density at radius 1 is 0.818 bits per heavy atom. The lowest BCUT2D eigenvalue weighted by molar-refractivity contribution is 0.0939. The van der Waals surface area contributed by atoms with Gasteiger partial charge in [0.05, 0.1) is 17.4 Å². The molecule has 4 aromatic rings. The summed E-state index contributed by atoms with van der Waals surface area (Å²) in [7, 11) is 0. The van der Waals surface area contributed by atoms with Crippen molar-refractivity contribution in [1.29, 1.82) is 0 Å². The normalized spacial score (nSPS) is 11.6. The zero-order valence-electron chi connectivity index (χ0n) is 18.9. The van der Waals surface area contributed by atoms with Gasteiger partial charge in [0.1, 0.15) is 0 Å². The summed E-state index contributed by atoms with van der Waals surface area (Å²) in [6.45, 7) is 5.87. The Bertz CT molecular complexity index is 1280. The number of aryl methyl sites for hydroxylation is 2. The fraction of sp³-hybridized carbons (Fsp3) is 0.148. The fourth-order valence-corrected chi connectivity index (χ4v) is 3.69. The van der Waals surface area contributed by atoms with Gasteiger partial charge < -0.3 is 10.6 Å². The highest BCUT2D eigenvalue weighted by atomic mass is 16.2. The van der Waals surface area contributed by atoms with E-state index in [1.807, 2.05) is 86.1 Å². The highest BCUT2D eigenvalue weighted by molar-refractivity contribution is 6.04. The van der Waals surface area contributed by atoms with Gasteiger partial charge >= 0.3 is 0 Å². The summed E-state index contributed by atoms with van der Waals surface area (Å²) in [5, 5.41) is 10.4. The van der Waals surface area contributed by atoms with Crippen molar-refractivity contribution in [3.8, 4) is 5.69 Å². The topological polar surface area (TPSA) is 76.0 Å². The SMILES string of the molecule is Cc1cc(C)n(-c2ccc(C(=O)NC(C)c3cccc(NC(=O)c4ccccc4)c3)cc2)n1. The van der Waals surface area contributed by atoms with Gasteiger partial charge in [-0.25, -0.2) is 4.68 Å². The summed E-state index contributed by atoms with van der Waals surface area (Å²) in [5.74, 6) is -0.340. The summed E-state index contributed by atoms with van der Waals surface area (Å²) in [4.78, 5) is 25.2. The Morgan fingerprint density at radius 3 is 2.18 bits per heavy atom. The Morgan fingerprint density at radius 2 is 1.52 bits per heavy atom. The van der Waals surface area contributed by atoms with Gasteiger partial charge in [-0.2, -0.15) is 5.10 Å². The maximum atomic E-state index is 12.8. The van der Waals surface area contributed by atoms with E-state index < -0.39 is 0 Å². The third kappa shape index (κ3) is 5.18. The molecule has 33 heavy (non-hydrogen) atoms. The van der Waals surface area contributed by atoms with Crippen molar-refractivity contribution in [3.63, 3.8) is 0 Å². The second-order valence-electron chi connectivity index (χ2n) is 8.03. The minimum absolute atomic E-state index is 0.166. The minimum Gasteiger partial charge on any atom is -0.346 e. The molecule has 6 heteroatoms. The Balaban J connectivity index is 1.42. The molecule has 1 atom stereocenters. The third-order valence-corrected chi connectivity index (χ3v) is 5.41. The highest BCUT2D eigenvalue weighted by Gasteiger charge is 2.13. The summed E-state index contributed by atoms with van der Waals surface area (Å²) in [6.07, 6.45) is 0. The maximum absolute atomic E-state index is 12.8. The van der Waals surface area contributed by atoms with Crippen LogP contribution in [0.4, 0.5) is 5.69 Å². The van der Waals surface area contributed by atoms with Crippen LogP contribution in [0.1, 0.15) is 50.6 Å². The second kappa shape index (κ2) is 9.53. The third-order valence-electron chi connectivity index (χ3n) is 5.41. The van der Waals surface area contributed by atoms with Crippen molar-refractivity contribution in [2.24, 2.45) is 0 Å². The molecule has 2 N–H and O–H groups in total. The minimum atomic E-state index is -0.234. The molecule has 0 spiro atoms. The van der Waals surface area contributed by atoms with Crippen LogP contribution in [0.25, 0.3) is 5.69 Å². The second-order valence-corrected chi connectivity index (χ2v) is 8.03. The van der Waals surface area contributed by atoms with Gasteiger partial charge in [0.15, 0.2) is 0 Å². The standard InChI is InChI=1S/C27H26N4O2/c1-18-16-19(2)31(30-18)25-14-12-22(13-15-25)26(32)28-20(3)23-10-7-11-24(17-23)29-27(33)21-8-5-4-6-9-21/h4-17,20H,1-3H3,(H,28,32)(H,29,33). The number of anilines is 1. The summed E-state index contributed by atoms with van der Waals surface area (Å²) in [6, 6.07) is 25.7. The number of hydrogen-bond donors (Lipinski definition) is 2. The molecule has 1 unspecified atom stereocenters. The number of amides is 2. The zero-order valence-corrected chi connectivity index (χ0v) is 18.9. The van der Waals surface area contributed by atoms with Gasteiger partial charge in [-0.3, -0.25) is 9.59 Å². The summed E-state index contributed by atoms with van der Waals surface area (Å²) >= 11 is 0. The van der Waals surface area contributed by atoms with Crippen LogP contribution in [0.15, 0.2) is 84.9 Å². The molecule has 0 radical (unpaired) electrons. The molecular weight excluding hydrogens is 412 g/mol. The van der Waals surface area contributed by atoms with E-state index in [-0.39, 0.29) is 17.9 Å². The molecule has 0 aliphatic heterocycles. The lowest BCUT2D eigenvalue weighted by atomic mass is 10.1. The van der Waals surface area contributed by atoms with Crippen molar-refractivity contribution in [3.05, 3.63) is 113 Å². The first-order valence-corrected chi connectivity index (χ1v) is 10.8. The number of rotatable bonds is 6. The molecule has 0 aliphatic rings. The Hall–Kier alpha value is -4.19. The van der Waals surface area contributed by atoms with Gasteiger partial charge in [-0.15, -0.1) is 0 Å². The van der Waals surface area contributed by atoms with E-state index in [4.69, 9.17) is 0 Å². The fourth-order valence-electron chi connectivity index (χ4n) is 3.69. The van der Waals surface area contributed by atoms with Crippen molar-refractivity contribution in [1.82, 2.24) is 15.1 Å². The molecule has 0 saturated carbocycles. The van der Waals surface area contributed by atoms with E-state index >= 15 is 0 Å². The first kappa shape index (κ1) is 22.0. The van der Waals surface area contributed by atoms with Gasteiger partial charge in [-0.05, 0) is 80.9 Å². The van der Waals surface area contributed by atoms with Gasteiger partial charge in [-0.1, -0.05) is 30.3 Å². The molecule has 4 rings (SSSR count). The smallest absolute Gasteiger partial charge is 0.255 e. The predicted octanol–water partition coefficient (Wildman–Crippen LogP) is 5.23. The van der Waals surface area contributed by atoms with Crippen LogP contribution in [-0.4, -0.2) is 21.6 Å². The number of aromatic nitrogens is 2. The molecule has 1 aromatic heterocycles. The van der Waals surface area contributed by atoms with Crippen LogP contribution in [0.3, 0.4) is 0 Å². The maximum Gasteiger partial charge on any atom is 0.255 e. The molecule has 0 bridgehead atoms. The van der Waals surface area contributed by atoms with E-state index in [1.165, 1.54) is 0 Å². The number of nitrogens with zero attached hydrogens (tertiary/aromatic N) is 2. The molecule has 2 amide bonds. The zero-order chi connectivity index (χ0) is 23.4. The number of nitrogens with one attached hydrogen (secondary N) is 2. The first-order valence-electron chi connectivity index (χ1n) is 10.8. The van der Waals surface area contributed by atoms with Crippen LogP contribution in [0.2, 0.25) is 0 Å². The van der Waals surface area contributed by atoms with Crippen LogP contribution in [0.5, 0.6) is 0 Å². The summed E-state index contributed by atoms with van der Waals surface area (Å²) in [5.41, 5.74) is 5.63. The Kier molecular flexibility index (Phi) is 6.36. The molecule has 0 saturated heterocycles. The van der Waals surface area contributed by atoms with Crippen LogP contribution < -0.4 is 10.6 Å². The lowest BCUT2D eigenvalue weighted by Crippen LogP contribution is -2.26. The molecular formula is C27H26N4O2. The molecule has 0 fully saturated rings. The van der Waals surface area contributed by atoms with Crippen molar-refractivity contribution in [2.75, 3.05) is 5.32 Å². The first-order chi connectivity index (χ1) is 15.9. The Labute approximate surface area is 193 Å². The van der Waals surface area contributed by atoms with Crippen LogP contribution >= 0.6 is 0 Å². The van der Waals surface area contributed by atoms with Gasteiger partial charge in [0.25, 0.3) is 11.8 Å². The number of carbonyl (C=O) groups is 2. The van der Waals surface area contributed by atoms with E-state index in [1.54, 1.807) is 24.3 Å². The summed E-state index contributed by atoms with van der Waals surface area (Å²) < 4.78 is 1.86. The van der Waals surface area contributed by atoms with E-state index in [0.29, 0.717) is 16.8 Å². The predicted molar refractivity (Wildman–Crippen MR) is 130 cm³/mol. The van der Waals surface area contributed by atoms with Gasteiger partial charge in [0, 0.05) is 22.5 Å². The molecule has 3 aromatic carbocycles. The average Bonchev–Trinajstić information content (AvgIpc) is 3.17. The molecule has 166 valence electrons. The number of carbonyl (C=O) groups excluding carboxylic acids is 2. The van der Waals surface area contributed by atoms with Crippen LogP contribution in [-0.2, 0) is 0 Å². The number of benzene rings is 3. The number of hydrogen-bond acceptors (Lipinski definition) is 3. The monoisotopic (exact) mass is 438 g/mol. The van der Waals surface area contributed by atoms with E-state index in [0.717, 1.165) is 22.6 Å². The van der Waals surface area contributed by atoms with E-state index in [2.05, 4.69) is 15.7 Å². The molecule has 0 aliphatic carbocycles. The van der Waals surface area contributed by atoms with Gasteiger partial charge in [0.2, 0.25) is 0 Å².